The van der Waals surface area contributed by atoms with Crippen LogP contribution in [0.3, 0.4) is 0 Å². The molecule has 0 amide bonds. The van der Waals surface area contributed by atoms with Crippen molar-refractivity contribution in [2.45, 2.75) is 6.10 Å². The summed E-state index contributed by atoms with van der Waals surface area (Å²) in [7, 11) is 2.83. The van der Waals surface area contributed by atoms with Crippen LogP contribution >= 0.6 is 27.5 Å². The molecule has 0 fully saturated rings. The molecule has 0 bridgehead atoms. The lowest BCUT2D eigenvalue weighted by atomic mass is 10.1. The van der Waals surface area contributed by atoms with Crippen molar-refractivity contribution in [1.82, 2.24) is 0 Å². The highest BCUT2D eigenvalue weighted by Crippen LogP contribution is 2.31. The highest BCUT2D eigenvalue weighted by molar-refractivity contribution is 9.10. The number of nitrogens with one attached hydrogen (secondary N) is 1. The van der Waals surface area contributed by atoms with Crippen molar-refractivity contribution < 1.29 is 19.4 Å². The number of aliphatic hydroxyl groups excluding tert-OH is 1. The van der Waals surface area contributed by atoms with Crippen molar-refractivity contribution in [2.24, 2.45) is 0 Å². The first-order valence-corrected chi connectivity index (χ1v) is 6.80. The van der Waals surface area contributed by atoms with E-state index >= 15 is 0 Å². The molecule has 0 aliphatic carbocycles. The van der Waals surface area contributed by atoms with Gasteiger partial charge < -0.3 is 19.9 Å². The number of hydrogen-bond acceptors (Lipinski definition) is 5. The van der Waals surface area contributed by atoms with Gasteiger partial charge in [0.25, 0.3) is 0 Å². The third-order valence-corrected chi connectivity index (χ3v) is 3.38. The number of hydrogen-bond donors (Lipinski definition) is 2. The molecule has 0 aliphatic rings. The molecule has 0 aliphatic heterocycles. The lowest BCUT2D eigenvalue weighted by Crippen LogP contribution is -2.22. The zero-order chi connectivity index (χ0) is 14.4. The molecule has 5 nitrogen and oxygen atoms in total. The molecule has 0 saturated heterocycles. The smallest absolute Gasteiger partial charge is 0.340 e. The van der Waals surface area contributed by atoms with Crippen molar-refractivity contribution >= 4 is 39.2 Å². The van der Waals surface area contributed by atoms with E-state index in [9.17, 15) is 9.90 Å². The number of carbonyl (C=O) groups excluding carboxylic acids is 1. The predicted molar refractivity (Wildman–Crippen MR) is 77.3 cm³/mol. The van der Waals surface area contributed by atoms with Gasteiger partial charge in [-0.1, -0.05) is 0 Å². The quantitative estimate of drug-likeness (QED) is 0.607. The molecule has 19 heavy (non-hydrogen) atoms. The van der Waals surface area contributed by atoms with Gasteiger partial charge in [-0.3, -0.25) is 0 Å². The fourth-order valence-electron chi connectivity index (χ4n) is 1.42. The summed E-state index contributed by atoms with van der Waals surface area (Å²) in [6, 6.07) is 3.25. The Balaban J connectivity index is 3.06. The first-order chi connectivity index (χ1) is 9.03. The minimum atomic E-state index is -0.707. The van der Waals surface area contributed by atoms with Crippen LogP contribution in [0.25, 0.3) is 0 Å². The van der Waals surface area contributed by atoms with E-state index in [-0.39, 0.29) is 12.4 Å². The molecule has 0 heterocycles. The molecule has 0 radical (unpaired) electrons. The molecule has 1 rings (SSSR count). The van der Waals surface area contributed by atoms with Crippen LogP contribution in [0.15, 0.2) is 16.6 Å². The Morgan fingerprint density at radius 1 is 1.53 bits per heavy atom. The summed E-state index contributed by atoms with van der Waals surface area (Å²) in [5, 5.41) is 12.4. The summed E-state index contributed by atoms with van der Waals surface area (Å²) >= 11 is 8.82. The molecule has 1 unspecified atom stereocenters. The Kier molecular flexibility index (Phi) is 6.41. The Hall–Kier alpha value is -0.980. The second-order valence-electron chi connectivity index (χ2n) is 3.71. The maximum absolute atomic E-state index is 11.7. The molecule has 0 saturated carbocycles. The van der Waals surface area contributed by atoms with Crippen LogP contribution in [0.4, 0.5) is 5.69 Å². The molecular weight excluding hydrogens is 337 g/mol. The highest BCUT2D eigenvalue weighted by atomic mass is 79.9. The molecule has 1 aromatic carbocycles. The summed E-state index contributed by atoms with van der Waals surface area (Å²) in [5.41, 5.74) is 0.855. The number of aliphatic hydroxyl groups is 1. The van der Waals surface area contributed by atoms with Gasteiger partial charge in [-0.25, -0.2) is 4.79 Å². The fraction of sp³-hybridized carbons (Fsp3) is 0.417. The van der Waals surface area contributed by atoms with Gasteiger partial charge in [-0.15, -0.1) is 11.6 Å². The van der Waals surface area contributed by atoms with Gasteiger partial charge in [0, 0.05) is 12.6 Å². The van der Waals surface area contributed by atoms with Crippen LogP contribution in [-0.2, 0) is 4.74 Å². The minimum Gasteiger partial charge on any atom is -0.495 e. The number of alkyl halides is 1. The molecule has 106 valence electrons. The van der Waals surface area contributed by atoms with E-state index < -0.39 is 12.1 Å². The lowest BCUT2D eigenvalue weighted by Gasteiger charge is -2.15. The minimum absolute atomic E-state index is 0.105. The van der Waals surface area contributed by atoms with E-state index in [4.69, 9.17) is 21.1 Å². The molecule has 1 atom stereocenters. The molecule has 7 heteroatoms. The first-order valence-electron chi connectivity index (χ1n) is 5.47. The van der Waals surface area contributed by atoms with E-state index in [0.717, 1.165) is 0 Å². The Labute approximate surface area is 125 Å². The number of rotatable bonds is 6. The van der Waals surface area contributed by atoms with Crippen molar-refractivity contribution in [3.63, 3.8) is 0 Å². The average Bonchev–Trinajstić information content (AvgIpc) is 2.44. The third-order valence-electron chi connectivity index (χ3n) is 2.40. The molecule has 1 aromatic rings. The maximum Gasteiger partial charge on any atom is 0.340 e. The lowest BCUT2D eigenvalue weighted by molar-refractivity contribution is 0.0601. The second kappa shape index (κ2) is 7.57. The Morgan fingerprint density at radius 2 is 2.21 bits per heavy atom. The van der Waals surface area contributed by atoms with E-state index in [1.807, 2.05) is 0 Å². The zero-order valence-corrected chi connectivity index (χ0v) is 12.9. The molecular formula is C12H15BrClNO4. The number of ether oxygens (including phenoxy) is 2. The van der Waals surface area contributed by atoms with Gasteiger partial charge in [0.05, 0.1) is 41.9 Å². The Bertz CT molecular complexity index is 456. The van der Waals surface area contributed by atoms with Crippen LogP contribution in [0.2, 0.25) is 0 Å². The van der Waals surface area contributed by atoms with Crippen molar-refractivity contribution in [1.29, 1.82) is 0 Å². The molecule has 0 aromatic heterocycles. The summed E-state index contributed by atoms with van der Waals surface area (Å²) in [6.07, 6.45) is -0.707. The molecule has 2 N–H and O–H groups in total. The van der Waals surface area contributed by atoms with Crippen LogP contribution in [-0.4, -0.2) is 43.8 Å². The predicted octanol–water partition coefficient (Wildman–Crippen LogP) is 2.26. The monoisotopic (exact) mass is 351 g/mol. The van der Waals surface area contributed by atoms with Crippen molar-refractivity contribution in [3.05, 3.63) is 22.2 Å². The van der Waals surface area contributed by atoms with Crippen molar-refractivity contribution in [3.8, 4) is 5.75 Å². The third kappa shape index (κ3) is 4.26. The first kappa shape index (κ1) is 16.1. The number of carbonyl (C=O) groups is 1. The normalized spacial score (nSPS) is 11.8. The van der Waals surface area contributed by atoms with Gasteiger partial charge >= 0.3 is 5.97 Å². The molecule has 0 spiro atoms. The number of anilines is 1. The van der Waals surface area contributed by atoms with Gasteiger partial charge in [0.2, 0.25) is 0 Å². The van der Waals surface area contributed by atoms with E-state index in [2.05, 4.69) is 21.2 Å². The summed E-state index contributed by atoms with van der Waals surface area (Å²) in [6.45, 7) is 0.221. The van der Waals surface area contributed by atoms with Crippen LogP contribution in [0.5, 0.6) is 5.75 Å². The van der Waals surface area contributed by atoms with E-state index in [0.29, 0.717) is 21.5 Å². The van der Waals surface area contributed by atoms with Crippen molar-refractivity contribution in [2.75, 3.05) is 32.0 Å². The fourth-order valence-corrected chi connectivity index (χ4v) is 2.03. The highest BCUT2D eigenvalue weighted by Gasteiger charge is 2.16. The van der Waals surface area contributed by atoms with E-state index in [1.165, 1.54) is 14.2 Å². The number of benzene rings is 1. The summed E-state index contributed by atoms with van der Waals surface area (Å²) in [5.74, 6) is 0.190. The number of esters is 1. The summed E-state index contributed by atoms with van der Waals surface area (Å²) < 4.78 is 10.5. The topological polar surface area (TPSA) is 67.8 Å². The average molecular weight is 353 g/mol. The van der Waals surface area contributed by atoms with Crippen LogP contribution in [0.1, 0.15) is 10.4 Å². The van der Waals surface area contributed by atoms with E-state index in [1.54, 1.807) is 12.1 Å². The van der Waals surface area contributed by atoms with Gasteiger partial charge in [-0.05, 0) is 22.0 Å². The summed E-state index contributed by atoms with van der Waals surface area (Å²) in [4.78, 5) is 11.7. The Morgan fingerprint density at radius 3 is 2.74 bits per heavy atom. The zero-order valence-electron chi connectivity index (χ0n) is 10.6. The van der Waals surface area contributed by atoms with Gasteiger partial charge in [0.15, 0.2) is 0 Å². The number of methoxy groups -OCH3 is 2. The van der Waals surface area contributed by atoms with Crippen LogP contribution in [0, 0.1) is 0 Å². The van der Waals surface area contributed by atoms with Gasteiger partial charge in [0.1, 0.15) is 5.75 Å². The van der Waals surface area contributed by atoms with Crippen LogP contribution < -0.4 is 10.1 Å². The standard InChI is InChI=1S/C12H15BrClNO4/c1-18-11-4-10(15-6-7(16)5-14)8(3-9(11)13)12(17)19-2/h3-4,7,15-16H,5-6H2,1-2H3. The second-order valence-corrected chi connectivity index (χ2v) is 4.88. The maximum atomic E-state index is 11.7. The SMILES string of the molecule is COC(=O)c1cc(Br)c(OC)cc1NCC(O)CCl. The van der Waals surface area contributed by atoms with Gasteiger partial charge in [-0.2, -0.15) is 0 Å². The number of halogens is 2. The largest absolute Gasteiger partial charge is 0.495 e.